The van der Waals surface area contributed by atoms with E-state index < -0.39 is 0 Å². The number of hydrogen-bond acceptors (Lipinski definition) is 1. The van der Waals surface area contributed by atoms with Crippen LogP contribution in [0.15, 0.2) is 118 Å². The molecule has 0 N–H and O–H groups in total. The topological polar surface area (TPSA) is 17.8 Å². The molecular weight excluding hydrogens is 536 g/mol. The van der Waals surface area contributed by atoms with Crippen molar-refractivity contribution in [2.75, 3.05) is 0 Å². The summed E-state index contributed by atoms with van der Waals surface area (Å²) in [5, 5.41) is 2.47. The normalized spacial score (nSPS) is 11.3. The molecule has 4 heteroatoms. The molecule has 33 heavy (non-hydrogen) atoms. The van der Waals surface area contributed by atoms with E-state index in [1.807, 2.05) is 12.1 Å². The second kappa shape index (κ2) is 8.29. The predicted molar refractivity (Wildman–Crippen MR) is 145 cm³/mol. The van der Waals surface area contributed by atoms with Crippen LogP contribution < -0.4 is 0 Å². The summed E-state index contributed by atoms with van der Waals surface area (Å²) < 4.78 is 4.26. The van der Waals surface area contributed by atoms with Crippen LogP contribution in [0.3, 0.4) is 0 Å². The number of imidazole rings is 1. The van der Waals surface area contributed by atoms with Crippen LogP contribution in [-0.2, 0) is 0 Å². The van der Waals surface area contributed by atoms with Crippen LogP contribution in [0.5, 0.6) is 0 Å². The highest BCUT2D eigenvalue weighted by atomic mass is 79.9. The quantitative estimate of drug-likeness (QED) is 0.214. The molecule has 0 saturated carbocycles. The summed E-state index contributed by atoms with van der Waals surface area (Å²) in [5.74, 6) is 0.909. The SMILES string of the molecule is Brc1cc(Br)cc(-c2nc3c(-c4ccc5ccccc5c4)cccc3n2-c2ccccc2)c1. The lowest BCUT2D eigenvalue weighted by Crippen LogP contribution is -1.97. The van der Waals surface area contributed by atoms with Gasteiger partial charge in [-0.1, -0.05) is 98.6 Å². The summed E-state index contributed by atoms with van der Waals surface area (Å²) in [7, 11) is 0. The van der Waals surface area contributed by atoms with Crippen LogP contribution in [0, 0.1) is 0 Å². The van der Waals surface area contributed by atoms with Crippen molar-refractivity contribution >= 4 is 53.7 Å². The first-order chi connectivity index (χ1) is 16.2. The van der Waals surface area contributed by atoms with Gasteiger partial charge in [0.2, 0.25) is 0 Å². The molecule has 158 valence electrons. The summed E-state index contributed by atoms with van der Waals surface area (Å²) in [6, 6.07) is 38.2. The fourth-order valence-corrected chi connectivity index (χ4v) is 5.70. The van der Waals surface area contributed by atoms with E-state index in [1.165, 1.54) is 16.3 Å². The Morgan fingerprint density at radius 1 is 0.576 bits per heavy atom. The summed E-state index contributed by atoms with van der Waals surface area (Å²) in [6.07, 6.45) is 0. The van der Waals surface area contributed by atoms with Crippen LogP contribution in [0.4, 0.5) is 0 Å². The molecule has 0 bridgehead atoms. The van der Waals surface area contributed by atoms with Crippen LogP contribution in [0.25, 0.3) is 50.0 Å². The van der Waals surface area contributed by atoms with Gasteiger partial charge in [-0.3, -0.25) is 4.57 Å². The first-order valence-corrected chi connectivity index (χ1v) is 12.3. The van der Waals surface area contributed by atoms with E-state index in [1.54, 1.807) is 0 Å². The molecular formula is C29H18Br2N2. The van der Waals surface area contributed by atoms with Crippen molar-refractivity contribution in [2.24, 2.45) is 0 Å². The molecule has 0 aliphatic rings. The zero-order valence-electron chi connectivity index (χ0n) is 17.5. The third-order valence-corrected chi connectivity index (χ3v) is 6.80. The highest BCUT2D eigenvalue weighted by Gasteiger charge is 2.18. The summed E-state index contributed by atoms with van der Waals surface area (Å²) in [6.45, 7) is 0. The Hall–Kier alpha value is -3.21. The van der Waals surface area contributed by atoms with E-state index >= 15 is 0 Å². The first-order valence-electron chi connectivity index (χ1n) is 10.7. The standard InChI is InChI=1S/C29H18Br2N2/c30-23-16-22(17-24(31)18-23)29-32-28-26(21-14-13-19-7-4-5-8-20(19)15-21)11-6-12-27(28)33(29)25-9-2-1-3-10-25/h1-18H. The molecule has 5 aromatic carbocycles. The van der Waals surface area contributed by atoms with Gasteiger partial charge in [0.25, 0.3) is 0 Å². The minimum absolute atomic E-state index is 0.909. The lowest BCUT2D eigenvalue weighted by Gasteiger charge is -2.10. The van der Waals surface area contributed by atoms with Gasteiger partial charge < -0.3 is 0 Å². The number of nitrogens with zero attached hydrogens (tertiary/aromatic N) is 2. The second-order valence-electron chi connectivity index (χ2n) is 8.00. The average molecular weight is 554 g/mol. The van der Waals surface area contributed by atoms with E-state index in [4.69, 9.17) is 4.98 Å². The zero-order chi connectivity index (χ0) is 22.4. The van der Waals surface area contributed by atoms with E-state index in [-0.39, 0.29) is 0 Å². The largest absolute Gasteiger partial charge is 0.292 e. The van der Waals surface area contributed by atoms with Crippen molar-refractivity contribution < 1.29 is 0 Å². The van der Waals surface area contributed by atoms with Crippen LogP contribution in [0.1, 0.15) is 0 Å². The third kappa shape index (κ3) is 3.69. The van der Waals surface area contributed by atoms with Gasteiger partial charge in [0.1, 0.15) is 5.82 Å². The highest BCUT2D eigenvalue weighted by molar-refractivity contribution is 9.11. The van der Waals surface area contributed by atoms with Crippen LogP contribution in [0.2, 0.25) is 0 Å². The van der Waals surface area contributed by atoms with Crippen molar-refractivity contribution in [1.82, 2.24) is 9.55 Å². The maximum absolute atomic E-state index is 5.22. The van der Waals surface area contributed by atoms with Gasteiger partial charge in [0, 0.05) is 25.8 Å². The molecule has 1 heterocycles. The van der Waals surface area contributed by atoms with Gasteiger partial charge in [0.15, 0.2) is 0 Å². The highest BCUT2D eigenvalue weighted by Crippen LogP contribution is 2.36. The lowest BCUT2D eigenvalue weighted by atomic mass is 10.0. The number of aromatic nitrogens is 2. The van der Waals surface area contributed by atoms with E-state index in [0.717, 1.165) is 42.6 Å². The van der Waals surface area contributed by atoms with Gasteiger partial charge in [-0.2, -0.15) is 0 Å². The Labute approximate surface area is 208 Å². The molecule has 6 aromatic rings. The Balaban J connectivity index is 1.66. The zero-order valence-corrected chi connectivity index (χ0v) is 20.7. The van der Waals surface area contributed by atoms with E-state index in [2.05, 4.69) is 133 Å². The first kappa shape index (κ1) is 20.4. The second-order valence-corrected chi connectivity index (χ2v) is 9.83. The monoisotopic (exact) mass is 552 g/mol. The lowest BCUT2D eigenvalue weighted by molar-refractivity contribution is 1.10. The minimum Gasteiger partial charge on any atom is -0.292 e. The van der Waals surface area contributed by atoms with Gasteiger partial charge in [0.05, 0.1) is 11.0 Å². The van der Waals surface area contributed by atoms with Gasteiger partial charge in [-0.15, -0.1) is 0 Å². The van der Waals surface area contributed by atoms with Gasteiger partial charge in [-0.25, -0.2) is 4.98 Å². The number of fused-ring (bicyclic) bond motifs is 2. The fraction of sp³-hybridized carbons (Fsp3) is 0. The molecule has 6 rings (SSSR count). The van der Waals surface area contributed by atoms with Crippen molar-refractivity contribution in [3.8, 4) is 28.2 Å². The molecule has 0 fully saturated rings. The van der Waals surface area contributed by atoms with Crippen molar-refractivity contribution in [1.29, 1.82) is 0 Å². The average Bonchev–Trinajstić information content (AvgIpc) is 3.23. The maximum Gasteiger partial charge on any atom is 0.145 e. The number of halogens is 2. The Morgan fingerprint density at radius 2 is 1.30 bits per heavy atom. The Morgan fingerprint density at radius 3 is 2.09 bits per heavy atom. The van der Waals surface area contributed by atoms with Gasteiger partial charge in [-0.05, 0) is 58.8 Å². The number of rotatable bonds is 3. The summed E-state index contributed by atoms with van der Waals surface area (Å²) in [4.78, 5) is 5.22. The number of hydrogen-bond donors (Lipinski definition) is 0. The molecule has 0 unspecified atom stereocenters. The Bertz CT molecular complexity index is 1610. The third-order valence-electron chi connectivity index (χ3n) is 5.88. The fourth-order valence-electron chi connectivity index (χ4n) is 4.40. The van der Waals surface area contributed by atoms with Crippen LogP contribution >= 0.6 is 31.9 Å². The number of benzene rings is 5. The molecule has 0 spiro atoms. The van der Waals surface area contributed by atoms with Crippen molar-refractivity contribution in [2.45, 2.75) is 0 Å². The molecule has 0 amide bonds. The molecule has 0 atom stereocenters. The van der Waals surface area contributed by atoms with Crippen LogP contribution in [-0.4, -0.2) is 9.55 Å². The molecule has 1 aromatic heterocycles. The van der Waals surface area contributed by atoms with Crippen molar-refractivity contribution in [3.63, 3.8) is 0 Å². The maximum atomic E-state index is 5.22. The Kier molecular flexibility index (Phi) is 5.12. The molecule has 0 aliphatic heterocycles. The smallest absolute Gasteiger partial charge is 0.145 e. The molecule has 0 saturated heterocycles. The molecule has 0 radical (unpaired) electrons. The van der Waals surface area contributed by atoms with Crippen molar-refractivity contribution in [3.05, 3.63) is 118 Å². The summed E-state index contributed by atoms with van der Waals surface area (Å²) >= 11 is 7.28. The minimum atomic E-state index is 0.909. The predicted octanol–water partition coefficient (Wildman–Crippen LogP) is 9.04. The van der Waals surface area contributed by atoms with E-state index in [0.29, 0.717) is 0 Å². The number of para-hydroxylation sites is 2. The molecule has 0 aliphatic carbocycles. The molecule has 2 nitrogen and oxygen atoms in total. The van der Waals surface area contributed by atoms with E-state index in [9.17, 15) is 0 Å². The van der Waals surface area contributed by atoms with Gasteiger partial charge >= 0.3 is 0 Å². The summed E-state index contributed by atoms with van der Waals surface area (Å²) in [5.41, 5.74) is 6.49.